The SMILES string of the molecule is Nc1nc2ccccc2n1CCCCn1c(N)nc2ccccc21. The highest BCUT2D eigenvalue weighted by atomic mass is 15.2. The molecule has 0 radical (unpaired) electrons. The van der Waals surface area contributed by atoms with Crippen LogP contribution in [0.25, 0.3) is 22.1 Å². The van der Waals surface area contributed by atoms with Crippen LogP contribution in [0.1, 0.15) is 12.8 Å². The number of rotatable bonds is 5. The standard InChI is InChI=1S/C18H20N6/c19-17-21-13-7-1-3-9-15(13)23(17)11-5-6-12-24-16-10-4-2-8-14(16)22-18(24)20/h1-4,7-10H,5-6,11-12H2,(H2,19,21)(H2,20,22). The number of nitrogen functional groups attached to an aromatic ring is 2. The van der Waals surface area contributed by atoms with Crippen molar-refractivity contribution in [1.82, 2.24) is 19.1 Å². The van der Waals surface area contributed by atoms with Gasteiger partial charge in [-0.2, -0.15) is 0 Å². The second kappa shape index (κ2) is 5.88. The molecule has 0 saturated carbocycles. The van der Waals surface area contributed by atoms with E-state index in [1.54, 1.807) is 0 Å². The van der Waals surface area contributed by atoms with Crippen LogP contribution in [0.2, 0.25) is 0 Å². The summed E-state index contributed by atoms with van der Waals surface area (Å²) < 4.78 is 4.15. The van der Waals surface area contributed by atoms with Gasteiger partial charge in [-0.05, 0) is 37.1 Å². The van der Waals surface area contributed by atoms with Crippen molar-refractivity contribution in [2.45, 2.75) is 25.9 Å². The van der Waals surface area contributed by atoms with Gasteiger partial charge in [0.15, 0.2) is 0 Å². The summed E-state index contributed by atoms with van der Waals surface area (Å²) in [7, 11) is 0. The molecule has 0 aliphatic carbocycles. The largest absolute Gasteiger partial charge is 0.369 e. The number of anilines is 2. The van der Waals surface area contributed by atoms with Crippen LogP contribution in [-0.4, -0.2) is 19.1 Å². The predicted octanol–water partition coefficient (Wildman–Crippen LogP) is 3.03. The van der Waals surface area contributed by atoms with Crippen LogP contribution in [0.3, 0.4) is 0 Å². The molecule has 0 aliphatic rings. The quantitative estimate of drug-likeness (QED) is 0.553. The molecular weight excluding hydrogens is 300 g/mol. The van der Waals surface area contributed by atoms with Gasteiger partial charge in [0.05, 0.1) is 22.1 Å². The number of aromatic nitrogens is 4. The monoisotopic (exact) mass is 320 g/mol. The van der Waals surface area contributed by atoms with Crippen molar-refractivity contribution in [1.29, 1.82) is 0 Å². The number of hydrogen-bond donors (Lipinski definition) is 2. The van der Waals surface area contributed by atoms with Gasteiger partial charge >= 0.3 is 0 Å². The molecule has 6 nitrogen and oxygen atoms in total. The van der Waals surface area contributed by atoms with Gasteiger partial charge in [-0.25, -0.2) is 9.97 Å². The Morgan fingerprint density at radius 2 is 1.08 bits per heavy atom. The normalized spacial score (nSPS) is 11.5. The lowest BCUT2D eigenvalue weighted by atomic mass is 10.2. The lowest BCUT2D eigenvalue weighted by molar-refractivity contribution is 0.573. The highest BCUT2D eigenvalue weighted by Crippen LogP contribution is 2.20. The number of nitrogens with zero attached hydrogens (tertiary/aromatic N) is 4. The van der Waals surface area contributed by atoms with Gasteiger partial charge in [0, 0.05) is 13.1 Å². The van der Waals surface area contributed by atoms with Crippen LogP contribution in [0.15, 0.2) is 48.5 Å². The van der Waals surface area contributed by atoms with Crippen LogP contribution < -0.4 is 11.5 Å². The van der Waals surface area contributed by atoms with Crippen LogP contribution in [0.5, 0.6) is 0 Å². The van der Waals surface area contributed by atoms with Crippen molar-refractivity contribution in [3.63, 3.8) is 0 Å². The Morgan fingerprint density at radius 1 is 0.667 bits per heavy atom. The van der Waals surface area contributed by atoms with Crippen molar-refractivity contribution in [3.05, 3.63) is 48.5 Å². The number of para-hydroxylation sites is 4. The van der Waals surface area contributed by atoms with E-state index >= 15 is 0 Å². The fourth-order valence-corrected chi connectivity index (χ4v) is 3.20. The second-order valence-corrected chi connectivity index (χ2v) is 5.93. The molecule has 0 amide bonds. The van der Waals surface area contributed by atoms with Gasteiger partial charge in [-0.1, -0.05) is 24.3 Å². The van der Waals surface area contributed by atoms with E-state index in [0.29, 0.717) is 11.9 Å². The van der Waals surface area contributed by atoms with E-state index in [0.717, 1.165) is 48.0 Å². The number of nitrogens with two attached hydrogens (primary N) is 2. The maximum absolute atomic E-state index is 6.05. The first-order valence-electron chi connectivity index (χ1n) is 8.15. The maximum Gasteiger partial charge on any atom is 0.201 e. The zero-order chi connectivity index (χ0) is 16.5. The number of benzene rings is 2. The first kappa shape index (κ1) is 14.6. The Morgan fingerprint density at radius 3 is 1.54 bits per heavy atom. The molecule has 122 valence electrons. The molecule has 2 heterocycles. The summed E-state index contributed by atoms with van der Waals surface area (Å²) in [6.07, 6.45) is 1.99. The summed E-state index contributed by atoms with van der Waals surface area (Å²) in [5.41, 5.74) is 16.2. The fourth-order valence-electron chi connectivity index (χ4n) is 3.20. The summed E-state index contributed by atoms with van der Waals surface area (Å²) >= 11 is 0. The number of fused-ring (bicyclic) bond motifs is 2. The zero-order valence-corrected chi connectivity index (χ0v) is 13.4. The Bertz CT molecular complexity index is 915. The number of aryl methyl sites for hydroxylation is 2. The Hall–Kier alpha value is -3.02. The number of imidazole rings is 2. The molecule has 4 N–H and O–H groups in total. The summed E-state index contributed by atoms with van der Waals surface area (Å²) in [5.74, 6) is 1.15. The molecular formula is C18H20N6. The summed E-state index contributed by atoms with van der Waals surface area (Å²) in [6.45, 7) is 1.69. The summed E-state index contributed by atoms with van der Waals surface area (Å²) in [6, 6.07) is 16.1. The molecule has 2 aromatic carbocycles. The molecule has 0 spiro atoms. The average Bonchev–Trinajstić information content (AvgIpc) is 3.08. The highest BCUT2D eigenvalue weighted by Gasteiger charge is 2.09. The van der Waals surface area contributed by atoms with E-state index in [2.05, 4.69) is 31.2 Å². The van der Waals surface area contributed by atoms with Crippen LogP contribution in [-0.2, 0) is 13.1 Å². The fraction of sp³-hybridized carbons (Fsp3) is 0.222. The van der Waals surface area contributed by atoms with Crippen molar-refractivity contribution >= 4 is 34.0 Å². The molecule has 2 aromatic heterocycles. The smallest absolute Gasteiger partial charge is 0.201 e. The van der Waals surface area contributed by atoms with E-state index in [1.807, 2.05) is 36.4 Å². The van der Waals surface area contributed by atoms with E-state index in [9.17, 15) is 0 Å². The maximum atomic E-state index is 6.05. The number of unbranched alkanes of at least 4 members (excludes halogenated alkanes) is 1. The lowest BCUT2D eigenvalue weighted by Gasteiger charge is -2.08. The first-order chi connectivity index (χ1) is 11.7. The van der Waals surface area contributed by atoms with Gasteiger partial charge in [-0.3, -0.25) is 0 Å². The Labute approximate surface area is 139 Å². The third kappa shape index (κ3) is 2.46. The highest BCUT2D eigenvalue weighted by molar-refractivity contribution is 5.78. The Kier molecular flexibility index (Phi) is 3.57. The van der Waals surface area contributed by atoms with Crippen molar-refractivity contribution in [3.8, 4) is 0 Å². The van der Waals surface area contributed by atoms with Crippen LogP contribution >= 0.6 is 0 Å². The zero-order valence-electron chi connectivity index (χ0n) is 13.4. The molecule has 24 heavy (non-hydrogen) atoms. The first-order valence-corrected chi connectivity index (χ1v) is 8.15. The van der Waals surface area contributed by atoms with Gasteiger partial charge in [-0.15, -0.1) is 0 Å². The molecule has 0 unspecified atom stereocenters. The molecule has 0 atom stereocenters. The van der Waals surface area contributed by atoms with Crippen LogP contribution in [0.4, 0.5) is 11.9 Å². The lowest BCUT2D eigenvalue weighted by Crippen LogP contribution is -2.07. The molecule has 0 fully saturated rings. The third-order valence-electron chi connectivity index (χ3n) is 4.38. The van der Waals surface area contributed by atoms with E-state index in [-0.39, 0.29) is 0 Å². The minimum absolute atomic E-state index is 0.573. The summed E-state index contributed by atoms with van der Waals surface area (Å²) in [4.78, 5) is 8.80. The van der Waals surface area contributed by atoms with Gasteiger partial charge in [0.25, 0.3) is 0 Å². The second-order valence-electron chi connectivity index (χ2n) is 5.93. The van der Waals surface area contributed by atoms with E-state index in [4.69, 9.17) is 11.5 Å². The van der Waals surface area contributed by atoms with Crippen molar-refractivity contribution in [2.24, 2.45) is 0 Å². The molecule has 0 bridgehead atoms. The predicted molar refractivity (Wildman–Crippen MR) is 97.5 cm³/mol. The molecule has 4 rings (SSSR count). The van der Waals surface area contributed by atoms with Gasteiger partial charge in [0.2, 0.25) is 11.9 Å². The van der Waals surface area contributed by atoms with E-state index < -0.39 is 0 Å². The minimum Gasteiger partial charge on any atom is -0.369 e. The topological polar surface area (TPSA) is 87.7 Å². The van der Waals surface area contributed by atoms with Gasteiger partial charge < -0.3 is 20.6 Å². The molecule has 0 aliphatic heterocycles. The van der Waals surface area contributed by atoms with Gasteiger partial charge in [0.1, 0.15) is 0 Å². The third-order valence-corrected chi connectivity index (χ3v) is 4.38. The Balaban J connectivity index is 1.46. The molecule has 0 saturated heterocycles. The summed E-state index contributed by atoms with van der Waals surface area (Å²) in [5, 5.41) is 0. The number of hydrogen-bond acceptors (Lipinski definition) is 4. The minimum atomic E-state index is 0.573. The van der Waals surface area contributed by atoms with Crippen molar-refractivity contribution in [2.75, 3.05) is 11.5 Å². The molecule has 6 heteroatoms. The van der Waals surface area contributed by atoms with Crippen molar-refractivity contribution < 1.29 is 0 Å². The van der Waals surface area contributed by atoms with E-state index in [1.165, 1.54) is 0 Å². The van der Waals surface area contributed by atoms with Crippen LogP contribution in [0, 0.1) is 0 Å². The average molecular weight is 320 g/mol. The molecule has 4 aromatic rings.